The molecule has 1 aliphatic rings. The summed E-state index contributed by atoms with van der Waals surface area (Å²) in [7, 11) is 0. The predicted molar refractivity (Wildman–Crippen MR) is 90.1 cm³/mol. The van der Waals surface area contributed by atoms with E-state index in [-0.39, 0.29) is 30.8 Å². The molecule has 1 saturated heterocycles. The Bertz CT molecular complexity index is 624. The van der Waals surface area contributed by atoms with E-state index >= 15 is 0 Å². The summed E-state index contributed by atoms with van der Waals surface area (Å²) in [6.45, 7) is 7.40. The van der Waals surface area contributed by atoms with E-state index in [1.807, 2.05) is 37.3 Å². The quantitative estimate of drug-likeness (QED) is 0.778. The molecule has 1 aliphatic heterocycles. The Kier molecular flexibility index (Phi) is 5.42. The first kappa shape index (κ1) is 18.2. The van der Waals surface area contributed by atoms with Crippen LogP contribution in [-0.2, 0) is 19.1 Å². The zero-order valence-electron chi connectivity index (χ0n) is 14.7. The van der Waals surface area contributed by atoms with Crippen molar-refractivity contribution < 1.29 is 19.1 Å². The van der Waals surface area contributed by atoms with Gasteiger partial charge in [-0.05, 0) is 24.8 Å². The normalized spacial score (nSPS) is 20.8. The zero-order valence-corrected chi connectivity index (χ0v) is 14.7. The van der Waals surface area contributed by atoms with Crippen LogP contribution in [0.5, 0.6) is 0 Å². The average Bonchev–Trinajstić information content (AvgIpc) is 2.79. The molecule has 5 heteroatoms. The molecule has 0 N–H and O–H groups in total. The first-order valence-corrected chi connectivity index (χ1v) is 8.36. The van der Waals surface area contributed by atoms with Crippen LogP contribution in [0.3, 0.4) is 0 Å². The molecule has 0 spiro atoms. The van der Waals surface area contributed by atoms with E-state index in [4.69, 9.17) is 4.74 Å². The maximum atomic E-state index is 12.7. The van der Waals surface area contributed by atoms with Gasteiger partial charge >= 0.3 is 5.97 Å². The second-order valence-corrected chi connectivity index (χ2v) is 6.94. The molecule has 1 fully saturated rings. The molecule has 0 radical (unpaired) electrons. The fourth-order valence-electron chi connectivity index (χ4n) is 3.10. The summed E-state index contributed by atoms with van der Waals surface area (Å²) in [5.74, 6) is -1.15. The van der Waals surface area contributed by atoms with Gasteiger partial charge in [0.1, 0.15) is 6.04 Å². The lowest BCUT2D eigenvalue weighted by Crippen LogP contribution is -2.44. The average molecular weight is 331 g/mol. The van der Waals surface area contributed by atoms with E-state index < -0.39 is 17.4 Å². The molecule has 0 aliphatic carbocycles. The van der Waals surface area contributed by atoms with E-state index in [9.17, 15) is 14.4 Å². The number of imide groups is 1. The van der Waals surface area contributed by atoms with Gasteiger partial charge in [0.15, 0.2) is 0 Å². The number of amides is 2. The second kappa shape index (κ2) is 7.16. The van der Waals surface area contributed by atoms with E-state index in [1.165, 1.54) is 0 Å². The molecule has 1 aromatic rings. The number of ether oxygens (including phenoxy) is 1. The van der Waals surface area contributed by atoms with Gasteiger partial charge in [-0.1, -0.05) is 51.1 Å². The van der Waals surface area contributed by atoms with Crippen molar-refractivity contribution in [3.8, 4) is 0 Å². The number of benzene rings is 1. The first-order valence-electron chi connectivity index (χ1n) is 8.36. The largest absolute Gasteiger partial charge is 0.464 e. The standard InChI is InChI=1S/C19H25NO4/c1-5-24-17(22)15-12-19(3,4)18(23)20(15)16(21)11-13(2)14-9-7-6-8-10-14/h6-10,13,15H,5,11-12H2,1-4H3/t13-,15+/m1/s1. The molecule has 2 amide bonds. The maximum absolute atomic E-state index is 12.7. The van der Waals surface area contributed by atoms with Crippen molar-refractivity contribution in [2.45, 2.75) is 52.5 Å². The van der Waals surface area contributed by atoms with Crippen molar-refractivity contribution in [3.05, 3.63) is 35.9 Å². The highest BCUT2D eigenvalue weighted by molar-refractivity contribution is 6.04. The summed E-state index contributed by atoms with van der Waals surface area (Å²) in [5, 5.41) is 0. The fraction of sp³-hybridized carbons (Fsp3) is 0.526. The lowest BCUT2D eigenvalue weighted by molar-refractivity contribution is -0.158. The van der Waals surface area contributed by atoms with E-state index in [2.05, 4.69) is 0 Å². The Balaban J connectivity index is 2.18. The van der Waals surface area contributed by atoms with Gasteiger partial charge in [0.2, 0.25) is 11.8 Å². The summed E-state index contributed by atoms with van der Waals surface area (Å²) < 4.78 is 5.05. The Morgan fingerprint density at radius 1 is 1.29 bits per heavy atom. The van der Waals surface area contributed by atoms with Gasteiger partial charge in [0.05, 0.1) is 6.61 Å². The minimum absolute atomic E-state index is 0.0296. The van der Waals surface area contributed by atoms with Crippen LogP contribution in [0.4, 0.5) is 0 Å². The topological polar surface area (TPSA) is 63.7 Å². The van der Waals surface area contributed by atoms with Crippen molar-refractivity contribution in [3.63, 3.8) is 0 Å². The van der Waals surface area contributed by atoms with E-state index in [0.29, 0.717) is 6.42 Å². The summed E-state index contributed by atoms with van der Waals surface area (Å²) in [5.41, 5.74) is 0.299. The van der Waals surface area contributed by atoms with Crippen molar-refractivity contribution in [1.29, 1.82) is 0 Å². The number of rotatable bonds is 5. The predicted octanol–water partition coefficient (Wildman–Crippen LogP) is 2.90. The minimum Gasteiger partial charge on any atom is -0.464 e. The van der Waals surface area contributed by atoms with Crippen LogP contribution in [0.2, 0.25) is 0 Å². The summed E-state index contributed by atoms with van der Waals surface area (Å²) in [6, 6.07) is 8.85. The highest BCUT2D eigenvalue weighted by Crippen LogP contribution is 2.37. The Morgan fingerprint density at radius 3 is 2.50 bits per heavy atom. The van der Waals surface area contributed by atoms with Gasteiger partial charge in [-0.3, -0.25) is 14.5 Å². The number of esters is 1. The zero-order chi connectivity index (χ0) is 17.9. The number of hydrogen-bond donors (Lipinski definition) is 0. The molecule has 2 rings (SSSR count). The fourth-order valence-corrected chi connectivity index (χ4v) is 3.10. The minimum atomic E-state index is -0.817. The highest BCUT2D eigenvalue weighted by Gasteiger charge is 2.51. The Labute approximate surface area is 143 Å². The van der Waals surface area contributed by atoms with Crippen molar-refractivity contribution in [1.82, 2.24) is 4.90 Å². The number of hydrogen-bond acceptors (Lipinski definition) is 4. The monoisotopic (exact) mass is 331 g/mol. The van der Waals surface area contributed by atoms with Gasteiger partial charge in [0.25, 0.3) is 0 Å². The molecular weight excluding hydrogens is 306 g/mol. The van der Waals surface area contributed by atoms with Crippen LogP contribution < -0.4 is 0 Å². The van der Waals surface area contributed by atoms with Gasteiger partial charge in [-0.2, -0.15) is 0 Å². The van der Waals surface area contributed by atoms with Crippen LogP contribution in [0.1, 0.15) is 52.0 Å². The molecule has 0 bridgehead atoms. The molecular formula is C19H25NO4. The first-order chi connectivity index (χ1) is 11.3. The van der Waals surface area contributed by atoms with Crippen molar-refractivity contribution in [2.75, 3.05) is 6.61 Å². The van der Waals surface area contributed by atoms with Crippen LogP contribution in [0.15, 0.2) is 30.3 Å². The molecule has 24 heavy (non-hydrogen) atoms. The van der Waals surface area contributed by atoms with E-state index in [1.54, 1.807) is 20.8 Å². The van der Waals surface area contributed by atoms with Crippen LogP contribution in [0.25, 0.3) is 0 Å². The van der Waals surface area contributed by atoms with Crippen LogP contribution >= 0.6 is 0 Å². The number of likely N-dealkylation sites (tertiary alicyclic amines) is 1. The van der Waals surface area contributed by atoms with Crippen molar-refractivity contribution >= 4 is 17.8 Å². The van der Waals surface area contributed by atoms with Crippen molar-refractivity contribution in [2.24, 2.45) is 5.41 Å². The lowest BCUT2D eigenvalue weighted by Gasteiger charge is -2.23. The molecule has 0 saturated carbocycles. The molecule has 1 aromatic carbocycles. The highest BCUT2D eigenvalue weighted by atomic mass is 16.5. The van der Waals surface area contributed by atoms with Gasteiger partial charge < -0.3 is 4.74 Å². The van der Waals surface area contributed by atoms with Crippen LogP contribution in [0, 0.1) is 5.41 Å². The number of carbonyl (C=O) groups is 3. The number of carbonyl (C=O) groups excluding carboxylic acids is 3. The molecule has 130 valence electrons. The van der Waals surface area contributed by atoms with Crippen LogP contribution in [-0.4, -0.2) is 35.3 Å². The molecule has 1 heterocycles. The maximum Gasteiger partial charge on any atom is 0.329 e. The molecule has 5 nitrogen and oxygen atoms in total. The van der Waals surface area contributed by atoms with Gasteiger partial charge in [-0.25, -0.2) is 4.79 Å². The SMILES string of the molecule is CCOC(=O)[C@@H]1CC(C)(C)C(=O)N1C(=O)C[C@@H](C)c1ccccc1. The summed E-state index contributed by atoms with van der Waals surface area (Å²) in [4.78, 5) is 38.7. The summed E-state index contributed by atoms with van der Waals surface area (Å²) in [6.07, 6.45) is 0.484. The third-order valence-corrected chi connectivity index (χ3v) is 4.49. The van der Waals surface area contributed by atoms with Gasteiger partial charge in [0, 0.05) is 11.8 Å². The number of nitrogens with zero attached hydrogens (tertiary/aromatic N) is 1. The van der Waals surface area contributed by atoms with E-state index in [0.717, 1.165) is 10.5 Å². The summed E-state index contributed by atoms with van der Waals surface area (Å²) >= 11 is 0. The molecule has 0 aromatic heterocycles. The third-order valence-electron chi connectivity index (χ3n) is 4.49. The Morgan fingerprint density at radius 2 is 1.92 bits per heavy atom. The lowest BCUT2D eigenvalue weighted by atomic mass is 9.90. The second-order valence-electron chi connectivity index (χ2n) is 6.94. The molecule has 2 atom stereocenters. The third kappa shape index (κ3) is 3.66. The van der Waals surface area contributed by atoms with Gasteiger partial charge in [-0.15, -0.1) is 0 Å². The Hall–Kier alpha value is -2.17. The smallest absolute Gasteiger partial charge is 0.329 e. The molecule has 0 unspecified atom stereocenters.